The van der Waals surface area contributed by atoms with Crippen LogP contribution in [-0.2, 0) is 6.42 Å². The van der Waals surface area contributed by atoms with Crippen molar-refractivity contribution in [3.8, 4) is 11.4 Å². The van der Waals surface area contributed by atoms with Gasteiger partial charge in [-0.2, -0.15) is 24.1 Å². The molecule has 2 amide bonds. The molecule has 0 saturated carbocycles. The second kappa shape index (κ2) is 12.6. The third kappa shape index (κ3) is 5.86. The zero-order valence-electron chi connectivity index (χ0n) is 27.4. The number of hydrogen-bond donors (Lipinski definition) is 0. The molecule has 0 N–H and O–H groups in total. The van der Waals surface area contributed by atoms with E-state index in [1.54, 1.807) is 23.6 Å². The highest BCUT2D eigenvalue weighted by molar-refractivity contribution is 5.93. The standard InChI is InChI=1S/C35H36FN9O4/c1-22-29(48-34-37-21-38-44(22)34)32(46)43-15-11-24(12-16-43)26-6-3-5-23(19-26)20-28-30(33(47)42-14-4-13-41(2)17-18-42)49-35-39-31(40-45(28)35)25-7-9-27(36)10-8-25/h3,5-10,19,21,24H,4,11-18,20H2,1-2H3. The highest BCUT2D eigenvalue weighted by Crippen LogP contribution is 2.31. The minimum atomic E-state index is -0.346. The van der Waals surface area contributed by atoms with Crippen molar-refractivity contribution < 1.29 is 22.8 Å². The van der Waals surface area contributed by atoms with E-state index in [4.69, 9.17) is 13.9 Å². The molecule has 4 aromatic heterocycles. The number of carbonyl (C=O) groups excluding carboxylic acids is 2. The monoisotopic (exact) mass is 665 g/mol. The molecule has 0 atom stereocenters. The fourth-order valence-electron chi connectivity index (χ4n) is 6.92. The van der Waals surface area contributed by atoms with Gasteiger partial charge < -0.3 is 23.5 Å². The predicted molar refractivity (Wildman–Crippen MR) is 176 cm³/mol. The fourth-order valence-corrected chi connectivity index (χ4v) is 6.92. The summed E-state index contributed by atoms with van der Waals surface area (Å²) >= 11 is 0. The van der Waals surface area contributed by atoms with Crippen molar-refractivity contribution in [1.82, 2.24) is 43.9 Å². The molecule has 2 aliphatic heterocycles. The van der Waals surface area contributed by atoms with Gasteiger partial charge in [-0.15, -0.1) is 5.10 Å². The molecule has 2 aliphatic rings. The molecule has 0 radical (unpaired) electrons. The summed E-state index contributed by atoms with van der Waals surface area (Å²) in [5, 5.41) is 8.85. The van der Waals surface area contributed by atoms with Crippen LogP contribution in [0.5, 0.6) is 0 Å². The van der Waals surface area contributed by atoms with Gasteiger partial charge in [0.05, 0.1) is 5.69 Å². The van der Waals surface area contributed by atoms with Gasteiger partial charge in [-0.05, 0) is 81.1 Å². The average Bonchev–Trinajstić information content (AvgIpc) is 3.86. The summed E-state index contributed by atoms with van der Waals surface area (Å²) in [6.45, 7) is 5.95. The molecule has 2 aromatic carbocycles. The van der Waals surface area contributed by atoms with Crippen LogP contribution in [0.15, 0.2) is 63.7 Å². The number of likely N-dealkylation sites (N-methyl/N-ethyl adjacent to an activating group) is 1. The first-order valence-corrected chi connectivity index (χ1v) is 16.6. The molecule has 0 unspecified atom stereocenters. The zero-order valence-corrected chi connectivity index (χ0v) is 27.4. The molecule has 6 aromatic rings. The summed E-state index contributed by atoms with van der Waals surface area (Å²) < 4.78 is 28.6. The van der Waals surface area contributed by atoms with E-state index < -0.39 is 0 Å². The Morgan fingerprint density at radius 2 is 1.63 bits per heavy atom. The van der Waals surface area contributed by atoms with Crippen LogP contribution >= 0.6 is 0 Å². The topological polar surface area (TPSA) is 131 Å². The van der Waals surface area contributed by atoms with Gasteiger partial charge in [0, 0.05) is 44.7 Å². The minimum absolute atomic E-state index is 0.151. The second-order valence-electron chi connectivity index (χ2n) is 12.9. The van der Waals surface area contributed by atoms with Gasteiger partial charge >= 0.3 is 11.7 Å². The number of aryl methyl sites for hydroxylation is 1. The Labute approximate surface area is 280 Å². The number of aromatic nitrogens is 6. The van der Waals surface area contributed by atoms with E-state index in [1.165, 1.54) is 28.5 Å². The van der Waals surface area contributed by atoms with E-state index >= 15 is 0 Å². The van der Waals surface area contributed by atoms with Gasteiger partial charge in [0.1, 0.15) is 17.8 Å². The third-order valence-electron chi connectivity index (χ3n) is 9.72. The Morgan fingerprint density at radius 1 is 0.878 bits per heavy atom. The van der Waals surface area contributed by atoms with E-state index in [9.17, 15) is 14.0 Å². The van der Waals surface area contributed by atoms with Crippen LogP contribution in [0.3, 0.4) is 0 Å². The van der Waals surface area contributed by atoms with Gasteiger partial charge in [-0.25, -0.2) is 4.39 Å². The first-order valence-electron chi connectivity index (χ1n) is 16.6. The molecule has 252 valence electrons. The molecule has 0 aliphatic carbocycles. The molecule has 2 fully saturated rings. The molecule has 6 heterocycles. The Balaban J connectivity index is 1.04. The number of benzene rings is 2. The minimum Gasteiger partial charge on any atom is -0.416 e. The normalized spacial score (nSPS) is 16.6. The number of rotatable bonds is 6. The Hall–Kier alpha value is -5.37. The molecular weight excluding hydrogens is 629 g/mol. The van der Waals surface area contributed by atoms with Gasteiger partial charge in [-0.3, -0.25) is 9.59 Å². The van der Waals surface area contributed by atoms with Crippen LogP contribution < -0.4 is 0 Å². The number of oxazole rings is 2. The van der Waals surface area contributed by atoms with Crippen LogP contribution in [0.4, 0.5) is 4.39 Å². The van der Waals surface area contributed by atoms with Crippen molar-refractivity contribution >= 4 is 23.5 Å². The molecule has 8 rings (SSSR count). The van der Waals surface area contributed by atoms with Crippen LogP contribution in [0, 0.1) is 12.7 Å². The zero-order chi connectivity index (χ0) is 33.6. The predicted octanol–water partition coefficient (Wildman–Crippen LogP) is 4.46. The lowest BCUT2D eigenvalue weighted by molar-refractivity contribution is 0.0680. The summed E-state index contributed by atoms with van der Waals surface area (Å²) in [5.74, 6) is 1.01. The number of halogens is 1. The van der Waals surface area contributed by atoms with Gasteiger partial charge in [0.25, 0.3) is 11.8 Å². The highest BCUT2D eigenvalue weighted by Gasteiger charge is 2.31. The summed E-state index contributed by atoms with van der Waals surface area (Å²) in [6, 6.07) is 14.3. The quantitative estimate of drug-likeness (QED) is 0.253. The number of carbonyl (C=O) groups is 2. The molecule has 14 heteroatoms. The van der Waals surface area contributed by atoms with Crippen molar-refractivity contribution in [2.24, 2.45) is 0 Å². The maximum absolute atomic E-state index is 13.9. The summed E-state index contributed by atoms with van der Waals surface area (Å²) in [7, 11) is 2.06. The lowest BCUT2D eigenvalue weighted by Crippen LogP contribution is -2.38. The number of piperidine rings is 1. The number of hydrogen-bond acceptors (Lipinski definition) is 9. The van der Waals surface area contributed by atoms with Crippen LogP contribution in [0.25, 0.3) is 23.1 Å². The Bertz CT molecular complexity index is 2160. The average molecular weight is 666 g/mol. The van der Waals surface area contributed by atoms with Crippen molar-refractivity contribution in [3.63, 3.8) is 0 Å². The third-order valence-corrected chi connectivity index (χ3v) is 9.72. The number of likely N-dealkylation sites (tertiary alicyclic amines) is 1. The molecule has 13 nitrogen and oxygen atoms in total. The fraction of sp³-hybridized carbons (Fsp3) is 0.371. The Morgan fingerprint density at radius 3 is 2.43 bits per heavy atom. The van der Waals surface area contributed by atoms with Gasteiger partial charge in [0.2, 0.25) is 11.5 Å². The summed E-state index contributed by atoms with van der Waals surface area (Å²) in [4.78, 5) is 41.8. The van der Waals surface area contributed by atoms with Crippen LogP contribution in [-0.4, -0.2) is 102 Å². The van der Waals surface area contributed by atoms with Gasteiger partial charge in [0.15, 0.2) is 5.82 Å². The SMILES string of the molecule is Cc1c(C(=O)N2CCC(c3cccc(Cc4c(C(=O)N5CCCN(C)CC5)oc5nc(-c6ccc(F)cc6)nn45)c3)CC2)oc2ncnn12. The first-order chi connectivity index (χ1) is 23.8. The Kier molecular flexibility index (Phi) is 7.94. The van der Waals surface area contributed by atoms with Crippen LogP contribution in [0.1, 0.15) is 68.8 Å². The van der Waals surface area contributed by atoms with Crippen molar-refractivity contribution in [2.75, 3.05) is 46.3 Å². The maximum Gasteiger partial charge on any atom is 0.325 e. The van der Waals surface area contributed by atoms with E-state index in [2.05, 4.69) is 39.1 Å². The highest BCUT2D eigenvalue weighted by atomic mass is 19.1. The van der Waals surface area contributed by atoms with Crippen LogP contribution in [0.2, 0.25) is 0 Å². The number of amides is 2. The molecule has 0 spiro atoms. The maximum atomic E-state index is 13.9. The summed E-state index contributed by atoms with van der Waals surface area (Å²) in [5.41, 5.74) is 4.08. The van der Waals surface area contributed by atoms with E-state index in [1.807, 2.05) is 21.9 Å². The lowest BCUT2D eigenvalue weighted by atomic mass is 9.88. The van der Waals surface area contributed by atoms with Gasteiger partial charge in [-0.1, -0.05) is 24.3 Å². The molecule has 0 bridgehead atoms. The van der Waals surface area contributed by atoms with E-state index in [0.29, 0.717) is 61.2 Å². The summed E-state index contributed by atoms with van der Waals surface area (Å²) in [6.07, 6.45) is 4.28. The van der Waals surface area contributed by atoms with Crippen molar-refractivity contribution in [2.45, 2.75) is 38.5 Å². The van der Waals surface area contributed by atoms with E-state index in [0.717, 1.165) is 37.9 Å². The second-order valence-corrected chi connectivity index (χ2v) is 12.9. The first kappa shape index (κ1) is 30.9. The number of nitrogens with zero attached hydrogens (tertiary/aromatic N) is 9. The molecular formula is C35H36FN9O4. The van der Waals surface area contributed by atoms with E-state index in [-0.39, 0.29) is 40.9 Å². The lowest BCUT2D eigenvalue weighted by Gasteiger charge is -2.32. The van der Waals surface area contributed by atoms with Crippen molar-refractivity contribution in [3.05, 3.63) is 94.7 Å². The molecule has 49 heavy (non-hydrogen) atoms. The molecule has 2 saturated heterocycles. The van der Waals surface area contributed by atoms with Crippen molar-refractivity contribution in [1.29, 1.82) is 0 Å². The smallest absolute Gasteiger partial charge is 0.325 e. The number of fused-ring (bicyclic) bond motifs is 2. The largest absolute Gasteiger partial charge is 0.416 e.